The molecule has 118 valence electrons. The van der Waals surface area contributed by atoms with Crippen LogP contribution in [0.1, 0.15) is 16.1 Å². The smallest absolute Gasteiger partial charge is 0.348 e. The van der Waals surface area contributed by atoms with Crippen LogP contribution in [0.5, 0.6) is 0 Å². The summed E-state index contributed by atoms with van der Waals surface area (Å²) in [4.78, 5) is 22.1. The van der Waals surface area contributed by atoms with Gasteiger partial charge < -0.3 is 14.9 Å². The maximum absolute atomic E-state index is 12.1. The molecule has 8 nitrogen and oxygen atoms in total. The molecule has 0 saturated carbocycles. The third-order valence-electron chi connectivity index (χ3n) is 2.34. The molecule has 3 N–H and O–H groups in total. The van der Waals surface area contributed by atoms with Gasteiger partial charge in [-0.2, -0.15) is 4.72 Å². The minimum Gasteiger partial charge on any atom is -0.480 e. The first-order chi connectivity index (χ1) is 9.72. The van der Waals surface area contributed by atoms with Crippen LogP contribution in [0.2, 0.25) is 0 Å². The number of thiophene rings is 1. The molecule has 0 radical (unpaired) electrons. The number of hydrogen-bond donors (Lipinski definition) is 3. The molecule has 0 fully saturated rings. The summed E-state index contributed by atoms with van der Waals surface area (Å²) in [5.41, 5.74) is 0. The Balaban J connectivity index is 3.10. The number of carboxylic acids is 1. The van der Waals surface area contributed by atoms with E-state index in [2.05, 4.69) is 20.7 Å². The fraction of sp³-hybridized carbons (Fsp3) is 0.400. The summed E-state index contributed by atoms with van der Waals surface area (Å²) in [6, 6.07) is -0.380. The highest BCUT2D eigenvalue weighted by atomic mass is 79.9. The number of carbonyl (C=O) groups is 2. The van der Waals surface area contributed by atoms with Crippen LogP contribution in [0, 0.1) is 0 Å². The predicted octanol–water partition coefficient (Wildman–Crippen LogP) is 0.411. The molecule has 21 heavy (non-hydrogen) atoms. The average Bonchev–Trinajstić information content (AvgIpc) is 2.80. The van der Waals surface area contributed by atoms with Gasteiger partial charge in [-0.15, -0.1) is 11.3 Å². The summed E-state index contributed by atoms with van der Waals surface area (Å²) in [6.07, 6.45) is -0.278. The Bertz CT molecular complexity index is 640. The summed E-state index contributed by atoms with van der Waals surface area (Å²) in [5, 5.41) is 17.6. The van der Waals surface area contributed by atoms with Gasteiger partial charge in [-0.3, -0.25) is 4.79 Å². The third-order valence-corrected chi connectivity index (χ3v) is 6.05. The monoisotopic (exact) mass is 401 g/mol. The Hall–Kier alpha value is -1.01. The quantitative estimate of drug-likeness (QED) is 0.564. The number of carboxylic acid groups (broad SMARTS) is 1. The molecule has 0 aliphatic heterocycles. The van der Waals surface area contributed by atoms with Crippen molar-refractivity contribution in [3.05, 3.63) is 14.7 Å². The van der Waals surface area contributed by atoms with E-state index in [1.54, 1.807) is 0 Å². The maximum Gasteiger partial charge on any atom is 0.348 e. The van der Waals surface area contributed by atoms with Crippen molar-refractivity contribution in [2.75, 3.05) is 13.7 Å². The number of aliphatic hydroxyl groups is 1. The average molecular weight is 402 g/mol. The first-order valence-corrected chi connectivity index (χ1v) is 8.55. The van der Waals surface area contributed by atoms with Crippen LogP contribution in [0.15, 0.2) is 14.7 Å². The van der Waals surface area contributed by atoms with Crippen molar-refractivity contribution in [1.29, 1.82) is 0 Å². The van der Waals surface area contributed by atoms with E-state index < -0.39 is 34.6 Å². The molecule has 1 heterocycles. The molecule has 0 aromatic carbocycles. The standard InChI is InChI=1S/C10H12BrNO7S2/c1-19-10(16)6-4-7(8(11)20-6)21(17,18)12-5(2-3-13)9(14)15/h4-5,12-13H,2-3H2,1H3,(H,14,15)/t5-/m0/s1. The lowest BCUT2D eigenvalue weighted by Gasteiger charge is -2.13. The molecule has 1 aromatic heterocycles. The molecule has 1 aromatic rings. The van der Waals surface area contributed by atoms with Gasteiger partial charge in [0.1, 0.15) is 15.8 Å². The van der Waals surface area contributed by atoms with Gasteiger partial charge in [-0.05, 0) is 28.4 Å². The normalized spacial score (nSPS) is 12.9. The molecule has 0 amide bonds. The number of esters is 1. The Morgan fingerprint density at radius 2 is 2.14 bits per heavy atom. The zero-order valence-corrected chi connectivity index (χ0v) is 13.9. The molecule has 1 rings (SSSR count). The van der Waals surface area contributed by atoms with Crippen molar-refractivity contribution in [2.45, 2.75) is 17.4 Å². The minimum atomic E-state index is -4.16. The van der Waals surface area contributed by atoms with E-state index in [-0.39, 0.29) is 20.0 Å². The molecule has 0 spiro atoms. The highest BCUT2D eigenvalue weighted by Crippen LogP contribution is 2.32. The second-order valence-corrected chi connectivity index (χ2v) is 7.82. The van der Waals surface area contributed by atoms with Crippen molar-refractivity contribution >= 4 is 49.2 Å². The van der Waals surface area contributed by atoms with Crippen LogP contribution in [0.4, 0.5) is 0 Å². The van der Waals surface area contributed by atoms with E-state index in [1.165, 1.54) is 0 Å². The number of sulfonamides is 1. The van der Waals surface area contributed by atoms with E-state index in [0.717, 1.165) is 24.5 Å². The lowest BCUT2D eigenvalue weighted by Crippen LogP contribution is -2.41. The molecule has 11 heteroatoms. The van der Waals surface area contributed by atoms with E-state index in [1.807, 2.05) is 4.72 Å². The third kappa shape index (κ3) is 4.48. The number of carbonyl (C=O) groups excluding carboxylic acids is 1. The van der Waals surface area contributed by atoms with Crippen molar-refractivity contribution in [3.8, 4) is 0 Å². The van der Waals surface area contributed by atoms with E-state index >= 15 is 0 Å². The predicted molar refractivity (Wildman–Crippen MR) is 76.8 cm³/mol. The Morgan fingerprint density at radius 1 is 1.52 bits per heavy atom. The van der Waals surface area contributed by atoms with Gasteiger partial charge in [-0.1, -0.05) is 0 Å². The minimum absolute atomic E-state index is 0.0544. The number of nitrogens with one attached hydrogen (secondary N) is 1. The number of rotatable bonds is 7. The second kappa shape index (κ2) is 7.31. The number of halogens is 1. The van der Waals surface area contributed by atoms with Gasteiger partial charge in [0.25, 0.3) is 0 Å². The first-order valence-electron chi connectivity index (χ1n) is 5.46. The largest absolute Gasteiger partial charge is 0.480 e. The lowest BCUT2D eigenvalue weighted by molar-refractivity contribution is -0.139. The summed E-state index contributed by atoms with van der Waals surface area (Å²) in [5.74, 6) is -2.11. The van der Waals surface area contributed by atoms with Crippen LogP contribution < -0.4 is 4.72 Å². The van der Waals surface area contributed by atoms with Crippen LogP contribution in [0.3, 0.4) is 0 Å². The van der Waals surface area contributed by atoms with E-state index in [0.29, 0.717) is 0 Å². The fourth-order valence-electron chi connectivity index (χ4n) is 1.35. The van der Waals surface area contributed by atoms with Crippen LogP contribution in [-0.4, -0.2) is 50.3 Å². The maximum atomic E-state index is 12.1. The van der Waals surface area contributed by atoms with Gasteiger partial charge >= 0.3 is 11.9 Å². The van der Waals surface area contributed by atoms with Crippen molar-refractivity contribution in [3.63, 3.8) is 0 Å². The Labute approximate surface area is 132 Å². The molecule has 0 saturated heterocycles. The topological polar surface area (TPSA) is 130 Å². The number of hydrogen-bond acceptors (Lipinski definition) is 7. The highest BCUT2D eigenvalue weighted by molar-refractivity contribution is 9.11. The molecule has 0 aliphatic carbocycles. The Morgan fingerprint density at radius 3 is 2.62 bits per heavy atom. The van der Waals surface area contributed by atoms with Gasteiger partial charge in [0.05, 0.1) is 10.9 Å². The molecule has 0 unspecified atom stereocenters. The molecule has 0 bridgehead atoms. The molecule has 1 atom stereocenters. The number of aliphatic carboxylic acids is 1. The van der Waals surface area contributed by atoms with Gasteiger partial charge in [0.2, 0.25) is 10.0 Å². The number of methoxy groups -OCH3 is 1. The van der Waals surface area contributed by atoms with Crippen LogP contribution in [-0.2, 0) is 19.6 Å². The van der Waals surface area contributed by atoms with E-state index in [9.17, 15) is 18.0 Å². The summed E-state index contributed by atoms with van der Waals surface area (Å²) >= 11 is 3.86. The van der Waals surface area contributed by atoms with Crippen molar-refractivity contribution < 1.29 is 33.0 Å². The molecular formula is C10H12BrNO7S2. The van der Waals surface area contributed by atoms with Crippen LogP contribution in [0.25, 0.3) is 0 Å². The van der Waals surface area contributed by atoms with Gasteiger partial charge in [0.15, 0.2) is 0 Å². The zero-order valence-electron chi connectivity index (χ0n) is 10.7. The summed E-state index contributed by atoms with van der Waals surface area (Å²) in [6.45, 7) is -0.488. The summed E-state index contributed by atoms with van der Waals surface area (Å²) < 4.78 is 30.9. The van der Waals surface area contributed by atoms with Gasteiger partial charge in [-0.25, -0.2) is 13.2 Å². The van der Waals surface area contributed by atoms with E-state index in [4.69, 9.17) is 10.2 Å². The van der Waals surface area contributed by atoms with Crippen molar-refractivity contribution in [1.82, 2.24) is 4.72 Å². The molecular weight excluding hydrogens is 390 g/mol. The number of ether oxygens (including phenoxy) is 1. The van der Waals surface area contributed by atoms with Gasteiger partial charge in [0, 0.05) is 6.61 Å². The zero-order chi connectivity index (χ0) is 16.2. The summed E-state index contributed by atoms with van der Waals surface area (Å²) in [7, 11) is -3.01. The second-order valence-electron chi connectivity index (χ2n) is 3.76. The van der Waals surface area contributed by atoms with Crippen LogP contribution >= 0.6 is 27.3 Å². The van der Waals surface area contributed by atoms with Crippen molar-refractivity contribution in [2.24, 2.45) is 0 Å². The highest BCUT2D eigenvalue weighted by Gasteiger charge is 2.29. The lowest BCUT2D eigenvalue weighted by atomic mass is 10.2. The first kappa shape index (κ1) is 18.0. The number of aliphatic hydroxyl groups excluding tert-OH is 1. The molecule has 0 aliphatic rings. The Kier molecular flexibility index (Phi) is 6.28. The SMILES string of the molecule is COC(=O)c1cc(S(=O)(=O)N[C@@H](CCO)C(=O)O)c(Br)s1. The fourth-order valence-corrected chi connectivity index (χ4v) is 5.06.